The number of sulfonamides is 1. The van der Waals surface area contributed by atoms with E-state index >= 15 is 0 Å². The van der Waals surface area contributed by atoms with Crippen molar-refractivity contribution in [1.29, 1.82) is 0 Å². The number of amides is 2. The Bertz CT molecular complexity index is 759. The van der Waals surface area contributed by atoms with E-state index in [1.54, 1.807) is 65.4 Å². The van der Waals surface area contributed by atoms with Crippen molar-refractivity contribution in [3.05, 3.63) is 66.2 Å². The highest BCUT2D eigenvalue weighted by atomic mass is 32.2. The molecule has 6 nitrogen and oxygen atoms in total. The molecule has 2 N–H and O–H groups in total. The number of carbonyl (C=O) groups excluding carboxylic acids is 2. The Balaban J connectivity index is 1.97. The van der Waals surface area contributed by atoms with Crippen molar-refractivity contribution in [2.75, 3.05) is 5.32 Å². The topological polar surface area (TPSA) is 92.3 Å². The molecule has 0 aliphatic carbocycles. The Labute approximate surface area is 128 Å². The van der Waals surface area contributed by atoms with Crippen LogP contribution in [0.15, 0.2) is 60.7 Å². The van der Waals surface area contributed by atoms with Crippen LogP contribution in [0.1, 0.15) is 5.56 Å². The maximum absolute atomic E-state index is 11.9. The fourth-order valence-electron chi connectivity index (χ4n) is 1.73. The van der Waals surface area contributed by atoms with E-state index in [-0.39, 0.29) is 5.75 Å². The summed E-state index contributed by atoms with van der Waals surface area (Å²) in [5.41, 5.74) is 0.925. The average molecular weight is 318 g/mol. The first-order chi connectivity index (χ1) is 10.5. The van der Waals surface area contributed by atoms with E-state index in [0.717, 1.165) is 0 Å². The molecule has 2 aromatic rings. The van der Waals surface area contributed by atoms with Gasteiger partial charge >= 0.3 is 11.8 Å². The lowest BCUT2D eigenvalue weighted by atomic mass is 10.2. The quantitative estimate of drug-likeness (QED) is 0.830. The van der Waals surface area contributed by atoms with Gasteiger partial charge in [0.05, 0.1) is 5.75 Å². The van der Waals surface area contributed by atoms with Crippen molar-refractivity contribution in [2.24, 2.45) is 0 Å². The van der Waals surface area contributed by atoms with Crippen molar-refractivity contribution in [2.45, 2.75) is 5.75 Å². The monoisotopic (exact) mass is 318 g/mol. The zero-order valence-corrected chi connectivity index (χ0v) is 12.3. The molecule has 0 aliphatic rings. The van der Waals surface area contributed by atoms with Gasteiger partial charge in [0.1, 0.15) is 0 Å². The number of para-hydroxylation sites is 1. The highest BCUT2D eigenvalue weighted by Crippen LogP contribution is 2.06. The van der Waals surface area contributed by atoms with Gasteiger partial charge in [0, 0.05) is 5.69 Å². The number of hydrogen-bond donors (Lipinski definition) is 2. The van der Waals surface area contributed by atoms with Gasteiger partial charge in [-0.05, 0) is 17.7 Å². The van der Waals surface area contributed by atoms with Gasteiger partial charge in [-0.25, -0.2) is 13.1 Å². The van der Waals surface area contributed by atoms with Crippen LogP contribution in [-0.4, -0.2) is 20.2 Å². The van der Waals surface area contributed by atoms with Crippen LogP contribution in [0, 0.1) is 0 Å². The van der Waals surface area contributed by atoms with Crippen LogP contribution in [0.4, 0.5) is 5.69 Å². The molecule has 0 heterocycles. The summed E-state index contributed by atoms with van der Waals surface area (Å²) >= 11 is 0. The summed E-state index contributed by atoms with van der Waals surface area (Å²) in [5.74, 6) is -2.64. The van der Waals surface area contributed by atoms with Crippen molar-refractivity contribution in [1.82, 2.24) is 4.72 Å². The second kappa shape index (κ2) is 6.86. The molecule has 7 heteroatoms. The molecule has 2 aromatic carbocycles. The molecule has 114 valence electrons. The Morgan fingerprint density at radius 1 is 0.818 bits per heavy atom. The molecular formula is C15H14N2O4S. The highest BCUT2D eigenvalue weighted by molar-refractivity contribution is 7.89. The van der Waals surface area contributed by atoms with Gasteiger partial charge in [-0.1, -0.05) is 48.5 Å². The van der Waals surface area contributed by atoms with Crippen LogP contribution < -0.4 is 10.0 Å². The number of carbonyl (C=O) groups is 2. The lowest BCUT2D eigenvalue weighted by Crippen LogP contribution is -2.39. The summed E-state index contributed by atoms with van der Waals surface area (Å²) < 4.78 is 25.5. The summed E-state index contributed by atoms with van der Waals surface area (Å²) in [6.07, 6.45) is 0. The van der Waals surface area contributed by atoms with Gasteiger partial charge in [0.15, 0.2) is 0 Å². The minimum atomic E-state index is -3.93. The van der Waals surface area contributed by atoms with E-state index in [0.29, 0.717) is 11.3 Å². The Hall–Kier alpha value is -2.67. The normalized spacial score (nSPS) is 10.7. The number of benzene rings is 2. The molecule has 0 aromatic heterocycles. The molecular weight excluding hydrogens is 304 g/mol. The SMILES string of the molecule is O=C(Nc1ccccc1)C(=O)NS(=O)(=O)Cc1ccccc1. The molecule has 0 aliphatic heterocycles. The van der Waals surface area contributed by atoms with Gasteiger partial charge in [-0.15, -0.1) is 0 Å². The molecule has 0 saturated carbocycles. The molecule has 0 saturated heterocycles. The van der Waals surface area contributed by atoms with E-state index < -0.39 is 21.8 Å². The third-order valence-electron chi connectivity index (χ3n) is 2.69. The van der Waals surface area contributed by atoms with Crippen molar-refractivity contribution in [3.63, 3.8) is 0 Å². The number of hydrogen-bond acceptors (Lipinski definition) is 4. The second-order valence-corrected chi connectivity index (χ2v) is 6.22. The summed E-state index contributed by atoms with van der Waals surface area (Å²) in [4.78, 5) is 23.3. The van der Waals surface area contributed by atoms with Crippen molar-refractivity contribution in [3.8, 4) is 0 Å². The van der Waals surface area contributed by atoms with Crippen LogP contribution in [0.2, 0.25) is 0 Å². The lowest BCUT2D eigenvalue weighted by Gasteiger charge is -2.07. The number of nitrogens with one attached hydrogen (secondary N) is 2. The van der Waals surface area contributed by atoms with Gasteiger partial charge in [0.2, 0.25) is 10.0 Å². The molecule has 2 amide bonds. The fraction of sp³-hybridized carbons (Fsp3) is 0.0667. The van der Waals surface area contributed by atoms with Crippen LogP contribution in [-0.2, 0) is 25.4 Å². The maximum atomic E-state index is 11.9. The molecule has 2 rings (SSSR count). The third-order valence-corrected chi connectivity index (χ3v) is 3.90. The molecule has 22 heavy (non-hydrogen) atoms. The Morgan fingerprint density at radius 2 is 1.36 bits per heavy atom. The standard InChI is InChI=1S/C15H14N2O4S/c18-14(16-13-9-5-2-6-10-13)15(19)17-22(20,21)11-12-7-3-1-4-8-12/h1-10H,11H2,(H,16,18)(H,17,19). The van der Waals surface area contributed by atoms with Crippen LogP contribution in [0.5, 0.6) is 0 Å². The van der Waals surface area contributed by atoms with Crippen LogP contribution in [0.25, 0.3) is 0 Å². The maximum Gasteiger partial charge on any atom is 0.323 e. The first kappa shape index (κ1) is 15.7. The molecule has 0 atom stereocenters. The lowest BCUT2D eigenvalue weighted by molar-refractivity contribution is -0.135. The number of anilines is 1. The predicted octanol–water partition coefficient (Wildman–Crippen LogP) is 1.27. The summed E-state index contributed by atoms with van der Waals surface area (Å²) in [7, 11) is -3.93. The number of rotatable bonds is 4. The van der Waals surface area contributed by atoms with Gasteiger partial charge in [0.25, 0.3) is 0 Å². The van der Waals surface area contributed by atoms with E-state index in [9.17, 15) is 18.0 Å². The Kier molecular flexibility index (Phi) is 4.90. The van der Waals surface area contributed by atoms with Gasteiger partial charge in [-0.3, -0.25) is 9.59 Å². The van der Waals surface area contributed by atoms with E-state index in [1.165, 1.54) is 0 Å². The smallest absolute Gasteiger partial charge is 0.318 e. The molecule has 0 unspecified atom stereocenters. The summed E-state index contributed by atoms with van der Waals surface area (Å²) in [6, 6.07) is 16.7. The van der Waals surface area contributed by atoms with Crippen molar-refractivity contribution < 1.29 is 18.0 Å². The summed E-state index contributed by atoms with van der Waals surface area (Å²) in [6.45, 7) is 0. The highest BCUT2D eigenvalue weighted by Gasteiger charge is 2.21. The first-order valence-electron chi connectivity index (χ1n) is 6.41. The molecule has 0 radical (unpaired) electrons. The molecule has 0 spiro atoms. The minimum Gasteiger partial charge on any atom is -0.318 e. The fourth-order valence-corrected chi connectivity index (χ4v) is 2.81. The van der Waals surface area contributed by atoms with Crippen LogP contribution >= 0.6 is 0 Å². The van der Waals surface area contributed by atoms with E-state index in [2.05, 4.69) is 5.32 Å². The largest absolute Gasteiger partial charge is 0.323 e. The van der Waals surface area contributed by atoms with Crippen LogP contribution in [0.3, 0.4) is 0 Å². The van der Waals surface area contributed by atoms with Crippen molar-refractivity contribution >= 4 is 27.5 Å². The van der Waals surface area contributed by atoms with Gasteiger partial charge < -0.3 is 5.32 Å². The second-order valence-electron chi connectivity index (χ2n) is 4.50. The first-order valence-corrected chi connectivity index (χ1v) is 8.06. The average Bonchev–Trinajstić information content (AvgIpc) is 2.48. The molecule has 0 bridgehead atoms. The zero-order chi connectivity index (χ0) is 16.0. The predicted molar refractivity (Wildman–Crippen MR) is 82.3 cm³/mol. The Morgan fingerprint density at radius 3 is 1.95 bits per heavy atom. The third kappa shape index (κ3) is 4.71. The zero-order valence-electron chi connectivity index (χ0n) is 11.5. The van der Waals surface area contributed by atoms with E-state index in [4.69, 9.17) is 0 Å². The minimum absolute atomic E-state index is 0.377. The van der Waals surface area contributed by atoms with E-state index in [1.807, 2.05) is 0 Å². The molecule has 0 fully saturated rings. The summed E-state index contributed by atoms with van der Waals surface area (Å²) in [5, 5.41) is 2.31. The van der Waals surface area contributed by atoms with Gasteiger partial charge in [-0.2, -0.15) is 0 Å².